The fourth-order valence-corrected chi connectivity index (χ4v) is 3.87. The van der Waals surface area contributed by atoms with Gasteiger partial charge in [-0.1, -0.05) is 24.3 Å². The van der Waals surface area contributed by atoms with E-state index in [0.717, 1.165) is 43.9 Å². The molecule has 26 heavy (non-hydrogen) atoms. The number of carbonyl (C=O) groups is 1. The zero-order valence-corrected chi connectivity index (χ0v) is 15.2. The molecule has 1 amide bonds. The topological polar surface area (TPSA) is 45.7 Å². The van der Waals surface area contributed by atoms with Crippen LogP contribution in [0.25, 0.3) is 0 Å². The highest BCUT2D eigenvalue weighted by atomic mass is 16.5. The Bertz CT molecular complexity index is 770. The van der Waals surface area contributed by atoms with E-state index in [4.69, 9.17) is 4.74 Å². The predicted molar refractivity (Wildman–Crippen MR) is 101 cm³/mol. The van der Waals surface area contributed by atoms with E-state index in [-0.39, 0.29) is 18.1 Å². The fraction of sp³-hybridized carbons (Fsp3) is 0.429. The summed E-state index contributed by atoms with van der Waals surface area (Å²) < 4.78 is 6.06. The summed E-state index contributed by atoms with van der Waals surface area (Å²) in [6, 6.07) is 14.0. The minimum absolute atomic E-state index is 0.0494. The molecule has 2 aliphatic rings. The maximum atomic E-state index is 12.3. The van der Waals surface area contributed by atoms with E-state index in [2.05, 4.69) is 22.9 Å². The molecule has 0 atom stereocenters. The number of nitrogens with zero attached hydrogens (tertiary/aromatic N) is 3. The Hall–Kier alpha value is -2.24. The van der Waals surface area contributed by atoms with Gasteiger partial charge in [0.15, 0.2) is 0 Å². The molecule has 2 aromatic rings. The maximum absolute atomic E-state index is 12.3. The lowest BCUT2D eigenvalue weighted by Gasteiger charge is -2.47. The Morgan fingerprint density at radius 1 is 1.12 bits per heavy atom. The van der Waals surface area contributed by atoms with Gasteiger partial charge in [0.1, 0.15) is 6.61 Å². The van der Waals surface area contributed by atoms with Gasteiger partial charge in [-0.15, -0.1) is 0 Å². The molecule has 1 aromatic carbocycles. The molecule has 0 saturated carbocycles. The molecule has 1 spiro atoms. The van der Waals surface area contributed by atoms with Crippen molar-refractivity contribution in [3.63, 3.8) is 0 Å². The van der Waals surface area contributed by atoms with Crippen LogP contribution in [0, 0.1) is 6.92 Å². The zero-order chi connectivity index (χ0) is 18.0. The number of anilines is 1. The van der Waals surface area contributed by atoms with Crippen LogP contribution >= 0.6 is 0 Å². The van der Waals surface area contributed by atoms with Crippen molar-refractivity contribution >= 4 is 11.6 Å². The van der Waals surface area contributed by atoms with E-state index in [1.807, 2.05) is 47.5 Å². The number of hydrogen-bond acceptors (Lipinski definition) is 4. The van der Waals surface area contributed by atoms with Crippen LogP contribution in [-0.2, 0) is 16.1 Å². The minimum Gasteiger partial charge on any atom is -0.363 e. The van der Waals surface area contributed by atoms with Crippen molar-refractivity contribution < 1.29 is 9.53 Å². The summed E-state index contributed by atoms with van der Waals surface area (Å²) in [4.78, 5) is 21.2. The summed E-state index contributed by atoms with van der Waals surface area (Å²) in [5.41, 5.74) is 3.13. The van der Waals surface area contributed by atoms with Crippen LogP contribution in [0.5, 0.6) is 0 Å². The highest BCUT2D eigenvalue weighted by Crippen LogP contribution is 2.33. The first-order chi connectivity index (χ1) is 12.7. The summed E-state index contributed by atoms with van der Waals surface area (Å²) in [6.07, 6.45) is 3.74. The molecule has 4 rings (SSSR count). The van der Waals surface area contributed by atoms with Crippen LogP contribution in [0.3, 0.4) is 0 Å². The van der Waals surface area contributed by atoms with Crippen molar-refractivity contribution in [2.45, 2.75) is 31.9 Å². The van der Waals surface area contributed by atoms with Gasteiger partial charge in [0.25, 0.3) is 5.91 Å². The third kappa shape index (κ3) is 3.50. The smallest absolute Gasteiger partial charge is 0.253 e. The molecule has 5 heteroatoms. The quantitative estimate of drug-likeness (QED) is 0.853. The lowest BCUT2D eigenvalue weighted by molar-refractivity contribution is -0.145. The number of piperidine rings is 1. The molecule has 5 nitrogen and oxygen atoms in total. The number of benzene rings is 1. The van der Waals surface area contributed by atoms with Gasteiger partial charge in [0, 0.05) is 31.5 Å². The molecule has 0 bridgehead atoms. The molecular formula is C21H25N3O2. The van der Waals surface area contributed by atoms with Gasteiger partial charge in [-0.2, -0.15) is 0 Å². The summed E-state index contributed by atoms with van der Waals surface area (Å²) in [5, 5.41) is 0. The summed E-state index contributed by atoms with van der Waals surface area (Å²) in [6.45, 7) is 5.74. The predicted octanol–water partition coefficient (Wildman–Crippen LogP) is 2.79. The van der Waals surface area contributed by atoms with E-state index < -0.39 is 0 Å². The van der Waals surface area contributed by atoms with Gasteiger partial charge in [0.2, 0.25) is 0 Å². The van der Waals surface area contributed by atoms with Gasteiger partial charge >= 0.3 is 0 Å². The first-order valence-corrected chi connectivity index (χ1v) is 9.27. The molecular weight excluding hydrogens is 326 g/mol. The highest BCUT2D eigenvalue weighted by Gasteiger charge is 2.42. The molecule has 0 unspecified atom stereocenters. The van der Waals surface area contributed by atoms with E-state index >= 15 is 0 Å². The minimum atomic E-state index is -0.223. The van der Waals surface area contributed by atoms with Crippen LogP contribution in [0.2, 0.25) is 0 Å². The summed E-state index contributed by atoms with van der Waals surface area (Å²) in [5.74, 6) is 0.0494. The number of likely N-dealkylation sites (tertiary alicyclic amines) is 1. The molecule has 0 aliphatic carbocycles. The number of carbonyl (C=O) groups excluding carboxylic acids is 1. The number of aryl methyl sites for hydroxylation is 1. The van der Waals surface area contributed by atoms with E-state index in [1.54, 1.807) is 0 Å². The number of ether oxygens (including phenoxy) is 1. The summed E-state index contributed by atoms with van der Waals surface area (Å²) in [7, 11) is 0. The molecule has 2 fully saturated rings. The van der Waals surface area contributed by atoms with Crippen molar-refractivity contribution in [1.82, 2.24) is 9.88 Å². The Morgan fingerprint density at radius 3 is 2.62 bits per heavy atom. The van der Waals surface area contributed by atoms with E-state index in [9.17, 15) is 4.79 Å². The third-order valence-corrected chi connectivity index (χ3v) is 5.58. The lowest BCUT2D eigenvalue weighted by Crippen LogP contribution is -2.58. The standard InChI is InChI=1S/C21H25N3O2/c1-17-6-5-11-22-19(17)14-23-12-9-21(10-13-23)16-24(20(25)15-26-21)18-7-3-2-4-8-18/h2-8,11H,9-10,12-16H2,1H3. The van der Waals surface area contributed by atoms with Gasteiger partial charge in [-0.3, -0.25) is 14.7 Å². The number of morpholine rings is 1. The second kappa shape index (κ2) is 7.17. The second-order valence-electron chi connectivity index (χ2n) is 7.33. The molecule has 2 aliphatic heterocycles. The third-order valence-electron chi connectivity index (χ3n) is 5.58. The Kier molecular flexibility index (Phi) is 4.74. The molecule has 0 N–H and O–H groups in total. The average Bonchev–Trinajstić information content (AvgIpc) is 2.68. The van der Waals surface area contributed by atoms with Gasteiger partial charge in [-0.25, -0.2) is 0 Å². The number of amides is 1. The maximum Gasteiger partial charge on any atom is 0.253 e. The monoisotopic (exact) mass is 351 g/mol. The largest absolute Gasteiger partial charge is 0.363 e. The molecule has 3 heterocycles. The average molecular weight is 351 g/mol. The number of rotatable bonds is 3. The second-order valence-corrected chi connectivity index (χ2v) is 7.33. The van der Waals surface area contributed by atoms with Crippen LogP contribution in [0.1, 0.15) is 24.1 Å². The van der Waals surface area contributed by atoms with Crippen molar-refractivity contribution in [3.05, 3.63) is 59.9 Å². The van der Waals surface area contributed by atoms with Gasteiger partial charge < -0.3 is 9.64 Å². The van der Waals surface area contributed by atoms with E-state index in [0.29, 0.717) is 6.54 Å². The first kappa shape index (κ1) is 17.2. The van der Waals surface area contributed by atoms with Crippen LogP contribution in [0.4, 0.5) is 5.69 Å². The Morgan fingerprint density at radius 2 is 1.88 bits per heavy atom. The molecule has 2 saturated heterocycles. The van der Waals surface area contributed by atoms with Crippen LogP contribution in [-0.4, -0.2) is 47.6 Å². The first-order valence-electron chi connectivity index (χ1n) is 9.27. The highest BCUT2D eigenvalue weighted by molar-refractivity contribution is 5.95. The van der Waals surface area contributed by atoms with E-state index in [1.165, 1.54) is 5.56 Å². The van der Waals surface area contributed by atoms with Gasteiger partial charge in [0.05, 0.1) is 17.8 Å². The SMILES string of the molecule is Cc1cccnc1CN1CCC2(CC1)CN(c1ccccc1)C(=O)CO2. The van der Waals surface area contributed by atoms with Crippen LogP contribution in [0.15, 0.2) is 48.7 Å². The molecule has 1 aromatic heterocycles. The van der Waals surface area contributed by atoms with Crippen molar-refractivity contribution in [2.75, 3.05) is 31.1 Å². The lowest BCUT2D eigenvalue weighted by atomic mass is 9.89. The molecule has 136 valence electrons. The number of para-hydroxylation sites is 1. The molecule has 0 radical (unpaired) electrons. The fourth-order valence-electron chi connectivity index (χ4n) is 3.87. The van der Waals surface area contributed by atoms with Crippen molar-refractivity contribution in [3.8, 4) is 0 Å². The Balaban J connectivity index is 1.41. The normalized spacial score (nSPS) is 20.5. The van der Waals surface area contributed by atoms with Gasteiger partial charge in [-0.05, 0) is 43.5 Å². The number of hydrogen-bond donors (Lipinski definition) is 0. The number of pyridine rings is 1. The summed E-state index contributed by atoms with van der Waals surface area (Å²) >= 11 is 0. The van der Waals surface area contributed by atoms with Crippen molar-refractivity contribution in [2.24, 2.45) is 0 Å². The zero-order valence-electron chi connectivity index (χ0n) is 15.2. The van der Waals surface area contributed by atoms with Crippen LogP contribution < -0.4 is 4.90 Å². The number of aromatic nitrogens is 1. The Labute approximate surface area is 154 Å². The van der Waals surface area contributed by atoms with Crippen molar-refractivity contribution in [1.29, 1.82) is 0 Å².